The van der Waals surface area contributed by atoms with Crippen molar-refractivity contribution in [2.75, 3.05) is 46.3 Å². The van der Waals surface area contributed by atoms with Gasteiger partial charge in [-0.3, -0.25) is 9.69 Å². The van der Waals surface area contributed by atoms with Crippen molar-refractivity contribution in [2.45, 2.75) is 6.92 Å². The molecule has 0 atom stereocenters. The van der Waals surface area contributed by atoms with E-state index in [9.17, 15) is 4.79 Å². The molecule has 1 heterocycles. The molecule has 4 nitrogen and oxygen atoms in total. The van der Waals surface area contributed by atoms with Gasteiger partial charge in [-0.15, -0.1) is 0 Å². The predicted molar refractivity (Wildman–Crippen MR) is 61.8 cm³/mol. The van der Waals surface area contributed by atoms with Gasteiger partial charge in [0.25, 0.3) is 0 Å². The lowest BCUT2D eigenvalue weighted by Crippen LogP contribution is -2.46. The van der Waals surface area contributed by atoms with Crippen LogP contribution in [0.5, 0.6) is 0 Å². The van der Waals surface area contributed by atoms with Crippen LogP contribution in [0.1, 0.15) is 6.92 Å². The number of hydrogen-bond donors (Lipinski definition) is 1. The van der Waals surface area contributed by atoms with Gasteiger partial charge in [-0.25, -0.2) is 0 Å². The molecule has 0 aliphatic carbocycles. The highest BCUT2D eigenvalue weighted by Crippen LogP contribution is 1.97. The van der Waals surface area contributed by atoms with Crippen LogP contribution in [0.3, 0.4) is 0 Å². The Hall–Kier alpha value is -0.870. The predicted octanol–water partition coefficient (Wildman–Crippen LogP) is -0.0739. The maximum atomic E-state index is 11.2. The molecule has 1 fully saturated rings. The maximum absolute atomic E-state index is 11.2. The molecular formula is C11H21N3O. The molecule has 0 aromatic heterocycles. The lowest BCUT2D eigenvalue weighted by molar-refractivity contribution is -0.117. The molecule has 1 saturated heterocycles. The highest BCUT2D eigenvalue weighted by atomic mass is 16.1. The monoisotopic (exact) mass is 211 g/mol. The SMILES string of the molecule is C=C(C)C(=O)NCCN1CCN(C)CC1. The van der Waals surface area contributed by atoms with Gasteiger partial charge in [0.1, 0.15) is 0 Å². The molecule has 0 bridgehead atoms. The maximum Gasteiger partial charge on any atom is 0.246 e. The Bertz CT molecular complexity index is 232. The van der Waals surface area contributed by atoms with Gasteiger partial charge in [-0.1, -0.05) is 6.58 Å². The Balaban J connectivity index is 2.10. The molecule has 0 saturated carbocycles. The highest BCUT2D eigenvalue weighted by Gasteiger charge is 2.13. The van der Waals surface area contributed by atoms with Crippen molar-refractivity contribution in [3.05, 3.63) is 12.2 Å². The largest absolute Gasteiger partial charge is 0.351 e. The lowest BCUT2D eigenvalue weighted by atomic mass is 10.3. The summed E-state index contributed by atoms with van der Waals surface area (Å²) in [6.07, 6.45) is 0. The highest BCUT2D eigenvalue weighted by molar-refractivity contribution is 5.92. The third-order valence-corrected chi connectivity index (χ3v) is 2.70. The van der Waals surface area contributed by atoms with E-state index in [0.29, 0.717) is 5.57 Å². The summed E-state index contributed by atoms with van der Waals surface area (Å²) in [7, 11) is 2.14. The number of carbonyl (C=O) groups excluding carboxylic acids is 1. The first-order valence-electron chi connectivity index (χ1n) is 5.44. The van der Waals surface area contributed by atoms with Crippen LogP contribution in [0.25, 0.3) is 0 Å². The molecule has 1 rings (SSSR count). The number of amides is 1. The second-order valence-corrected chi connectivity index (χ2v) is 4.18. The molecule has 4 heteroatoms. The fraction of sp³-hybridized carbons (Fsp3) is 0.727. The lowest BCUT2D eigenvalue weighted by Gasteiger charge is -2.32. The Morgan fingerprint density at radius 3 is 2.47 bits per heavy atom. The van der Waals surface area contributed by atoms with Gasteiger partial charge in [-0.2, -0.15) is 0 Å². The van der Waals surface area contributed by atoms with Crippen LogP contribution < -0.4 is 5.32 Å². The summed E-state index contributed by atoms with van der Waals surface area (Å²) in [6.45, 7) is 11.4. The van der Waals surface area contributed by atoms with Crippen molar-refractivity contribution in [1.82, 2.24) is 15.1 Å². The van der Waals surface area contributed by atoms with Crippen LogP contribution in [0.4, 0.5) is 0 Å². The number of nitrogens with one attached hydrogen (secondary N) is 1. The molecule has 1 aliphatic rings. The minimum atomic E-state index is -0.0378. The van der Waals surface area contributed by atoms with E-state index in [-0.39, 0.29) is 5.91 Å². The van der Waals surface area contributed by atoms with Gasteiger partial charge < -0.3 is 10.2 Å². The Morgan fingerprint density at radius 1 is 1.33 bits per heavy atom. The molecule has 1 N–H and O–H groups in total. The number of carbonyl (C=O) groups is 1. The fourth-order valence-electron chi connectivity index (χ4n) is 1.55. The first-order valence-corrected chi connectivity index (χ1v) is 5.44. The minimum Gasteiger partial charge on any atom is -0.351 e. The molecule has 15 heavy (non-hydrogen) atoms. The van der Waals surface area contributed by atoms with E-state index in [2.05, 4.69) is 28.7 Å². The summed E-state index contributed by atoms with van der Waals surface area (Å²) in [4.78, 5) is 15.9. The Labute approximate surface area is 91.9 Å². The first kappa shape index (κ1) is 12.2. The van der Waals surface area contributed by atoms with Crippen molar-refractivity contribution in [1.29, 1.82) is 0 Å². The topological polar surface area (TPSA) is 35.6 Å². The molecule has 1 aliphatic heterocycles. The van der Waals surface area contributed by atoms with Crippen molar-refractivity contribution in [2.24, 2.45) is 0 Å². The van der Waals surface area contributed by atoms with Gasteiger partial charge in [0, 0.05) is 44.8 Å². The first-order chi connectivity index (χ1) is 7.09. The number of piperazine rings is 1. The van der Waals surface area contributed by atoms with E-state index in [4.69, 9.17) is 0 Å². The van der Waals surface area contributed by atoms with Crippen LogP contribution in [0.15, 0.2) is 12.2 Å². The second-order valence-electron chi connectivity index (χ2n) is 4.18. The van der Waals surface area contributed by atoms with Gasteiger partial charge in [0.05, 0.1) is 0 Å². The minimum absolute atomic E-state index is 0.0378. The summed E-state index contributed by atoms with van der Waals surface area (Å²) in [5.74, 6) is -0.0378. The number of hydrogen-bond acceptors (Lipinski definition) is 3. The second kappa shape index (κ2) is 5.88. The van der Waals surface area contributed by atoms with Crippen LogP contribution in [0.2, 0.25) is 0 Å². The van der Waals surface area contributed by atoms with E-state index < -0.39 is 0 Å². The number of nitrogens with zero attached hydrogens (tertiary/aromatic N) is 2. The molecule has 0 unspecified atom stereocenters. The average Bonchev–Trinajstić information content (AvgIpc) is 2.20. The van der Waals surface area contributed by atoms with Gasteiger partial charge in [0.15, 0.2) is 0 Å². The summed E-state index contributed by atoms with van der Waals surface area (Å²) in [5, 5.41) is 2.85. The van der Waals surface area contributed by atoms with Crippen LogP contribution in [-0.2, 0) is 4.79 Å². The van der Waals surface area contributed by atoms with E-state index in [1.165, 1.54) is 0 Å². The normalized spacial score (nSPS) is 18.8. The summed E-state index contributed by atoms with van der Waals surface area (Å²) in [5.41, 5.74) is 0.577. The molecule has 86 valence electrons. The average molecular weight is 211 g/mol. The summed E-state index contributed by atoms with van der Waals surface area (Å²) < 4.78 is 0. The van der Waals surface area contributed by atoms with Gasteiger partial charge >= 0.3 is 0 Å². The number of rotatable bonds is 4. The molecule has 0 aromatic rings. The zero-order valence-electron chi connectivity index (χ0n) is 9.75. The van der Waals surface area contributed by atoms with Crippen molar-refractivity contribution in [3.8, 4) is 0 Å². The zero-order valence-corrected chi connectivity index (χ0v) is 9.75. The standard InChI is InChI=1S/C11H21N3O/c1-10(2)11(15)12-4-5-14-8-6-13(3)7-9-14/h1,4-9H2,2-3H3,(H,12,15). The van der Waals surface area contributed by atoms with Crippen LogP contribution in [-0.4, -0.2) is 62.0 Å². The third-order valence-electron chi connectivity index (χ3n) is 2.70. The quantitative estimate of drug-likeness (QED) is 0.661. The van der Waals surface area contributed by atoms with Gasteiger partial charge in [-0.05, 0) is 14.0 Å². The third kappa shape index (κ3) is 4.44. The molecule has 0 aromatic carbocycles. The summed E-state index contributed by atoms with van der Waals surface area (Å²) >= 11 is 0. The summed E-state index contributed by atoms with van der Waals surface area (Å²) in [6, 6.07) is 0. The molecular weight excluding hydrogens is 190 g/mol. The van der Waals surface area contributed by atoms with Crippen LogP contribution in [0, 0.1) is 0 Å². The smallest absolute Gasteiger partial charge is 0.246 e. The van der Waals surface area contributed by atoms with E-state index in [1.54, 1.807) is 6.92 Å². The van der Waals surface area contributed by atoms with Crippen LogP contribution >= 0.6 is 0 Å². The fourth-order valence-corrected chi connectivity index (χ4v) is 1.55. The van der Waals surface area contributed by atoms with E-state index in [0.717, 1.165) is 39.3 Å². The Kier molecular flexibility index (Phi) is 4.78. The van der Waals surface area contributed by atoms with Gasteiger partial charge in [0.2, 0.25) is 5.91 Å². The Morgan fingerprint density at radius 2 is 1.93 bits per heavy atom. The molecule has 0 radical (unpaired) electrons. The number of likely N-dealkylation sites (N-methyl/N-ethyl adjacent to an activating group) is 1. The zero-order chi connectivity index (χ0) is 11.3. The van der Waals surface area contributed by atoms with Crippen molar-refractivity contribution in [3.63, 3.8) is 0 Å². The molecule has 0 spiro atoms. The van der Waals surface area contributed by atoms with E-state index >= 15 is 0 Å². The van der Waals surface area contributed by atoms with E-state index in [1.807, 2.05) is 0 Å². The molecule has 1 amide bonds. The van der Waals surface area contributed by atoms with Crippen molar-refractivity contribution < 1.29 is 4.79 Å². The van der Waals surface area contributed by atoms with Crippen molar-refractivity contribution >= 4 is 5.91 Å².